The third-order valence-corrected chi connectivity index (χ3v) is 22.6. The lowest BCUT2D eigenvalue weighted by atomic mass is 10.0. The summed E-state index contributed by atoms with van der Waals surface area (Å²) in [4.78, 5) is 59.0. The van der Waals surface area contributed by atoms with Gasteiger partial charge in [-0.15, -0.1) is 0 Å². The SMILES string of the molecule is CC/C=C\C/C=C\C/C=C\C/C=C\C/C=C\CCCC(=O)OC(COC(=O)CCCCCCCCCCCCCCCCCCC/C=C\C/C=C\C/C=C\C/C=C\CCCCC)COP(=O)(O)OCC(O)COP(=O)(O)OCC(O)COC(=O)CCCCCCCCCCCCCCCCCCCCC/C=C\C/C=C\C/C=C\C/C=C\CCCCC. The molecular weight excluding hydrogens is 1560 g/mol. The first-order valence-electron chi connectivity index (χ1n) is 48.8. The molecule has 0 aliphatic rings. The van der Waals surface area contributed by atoms with Crippen LogP contribution in [0.4, 0.5) is 0 Å². The molecule has 4 N–H and O–H groups in total. The van der Waals surface area contributed by atoms with Crippen molar-refractivity contribution in [2.45, 2.75) is 437 Å². The first kappa shape index (κ1) is 116. The monoisotopic (exact) mass is 1730 g/mol. The van der Waals surface area contributed by atoms with Crippen LogP contribution in [0.15, 0.2) is 158 Å². The van der Waals surface area contributed by atoms with E-state index in [2.05, 4.69) is 167 Å². The lowest BCUT2D eigenvalue weighted by molar-refractivity contribution is -0.161. The highest BCUT2D eigenvalue weighted by Crippen LogP contribution is 2.45. The third kappa shape index (κ3) is 95.7. The molecule has 0 rings (SSSR count). The van der Waals surface area contributed by atoms with Crippen molar-refractivity contribution in [1.82, 2.24) is 0 Å². The molecule has 0 fully saturated rings. The zero-order valence-electron chi connectivity index (χ0n) is 76.9. The van der Waals surface area contributed by atoms with Gasteiger partial charge >= 0.3 is 33.6 Å². The van der Waals surface area contributed by atoms with Crippen molar-refractivity contribution in [1.29, 1.82) is 0 Å². The van der Waals surface area contributed by atoms with E-state index in [4.69, 9.17) is 32.3 Å². The van der Waals surface area contributed by atoms with Crippen LogP contribution < -0.4 is 0 Å². The van der Waals surface area contributed by atoms with Crippen molar-refractivity contribution in [3.63, 3.8) is 0 Å². The second-order valence-corrected chi connectivity index (χ2v) is 35.4. The smallest absolute Gasteiger partial charge is 0.463 e. The number of hydrogen-bond donors (Lipinski definition) is 4. The van der Waals surface area contributed by atoms with Gasteiger partial charge in [0.1, 0.15) is 25.4 Å². The number of phosphoric acid groups is 2. The first-order chi connectivity index (χ1) is 59.2. The van der Waals surface area contributed by atoms with E-state index >= 15 is 0 Å². The number of rotatable bonds is 92. The van der Waals surface area contributed by atoms with Gasteiger partial charge in [0.05, 0.1) is 26.4 Å². The van der Waals surface area contributed by atoms with Crippen LogP contribution in [0.5, 0.6) is 0 Å². The molecule has 5 atom stereocenters. The molecule has 0 aromatic rings. The van der Waals surface area contributed by atoms with Crippen molar-refractivity contribution >= 4 is 33.6 Å². The number of phosphoric ester groups is 2. The predicted octanol–water partition coefficient (Wildman–Crippen LogP) is 30.5. The standard InChI is InChI=1S/C103H178O16P2/c1-4-7-10-13-16-19-22-25-28-31-33-35-37-39-41-43-45-47-48-50-52-53-55-57-59-61-63-66-68-71-74-77-80-83-86-89-101(106)113-92-98(104)93-115-120(109,110)116-94-99(105)95-117-121(111,112)118-97-100(119-103(108)91-88-85-82-79-76-73-70-65-30-27-24-21-18-15-12-9-6-3)96-114-102(107)90-87-84-81-78-75-72-69-67-64-62-60-58-56-54-51-49-46-44-42-40-38-36-34-32-29-26-23-20-17-14-11-8-5-2/h9,12,16-21,25-30,33-36,39-42,70,73,79,82,98-100,104-105H,4-8,10-11,13-15,22-24,31-32,37-38,43-69,71-72,74-78,80-81,83-97H2,1-3H3,(H,109,110)(H,111,112)/b12-9-,19-16-,20-17-,21-18-,28-25-,29-26-,30-27-,35-33-,36-34-,41-39-,42-40-,73-70-,82-79-. The minimum Gasteiger partial charge on any atom is -0.463 e. The summed E-state index contributed by atoms with van der Waals surface area (Å²) in [6.45, 7) is 2.50. The molecule has 18 heteroatoms. The highest BCUT2D eigenvalue weighted by Gasteiger charge is 2.30. The van der Waals surface area contributed by atoms with Crippen molar-refractivity contribution in [2.24, 2.45) is 0 Å². The zero-order chi connectivity index (χ0) is 87.9. The highest BCUT2D eigenvalue weighted by molar-refractivity contribution is 7.47. The second-order valence-electron chi connectivity index (χ2n) is 32.5. The quantitative estimate of drug-likeness (QED) is 0.0146. The minimum atomic E-state index is -4.96. The second kappa shape index (κ2) is 94.3. The van der Waals surface area contributed by atoms with E-state index in [0.717, 1.165) is 109 Å². The molecule has 0 aliphatic carbocycles. The van der Waals surface area contributed by atoms with Gasteiger partial charge in [0.2, 0.25) is 0 Å². The van der Waals surface area contributed by atoms with E-state index in [9.17, 15) is 43.5 Å². The summed E-state index contributed by atoms with van der Waals surface area (Å²) in [5.41, 5.74) is 0. The van der Waals surface area contributed by atoms with Crippen LogP contribution in [0.3, 0.4) is 0 Å². The fourth-order valence-corrected chi connectivity index (χ4v) is 14.9. The van der Waals surface area contributed by atoms with Gasteiger partial charge in [-0.25, -0.2) is 9.13 Å². The minimum absolute atomic E-state index is 0.0244. The molecule has 0 spiro atoms. The number of ether oxygens (including phenoxy) is 3. The number of esters is 3. The molecule has 0 aliphatic heterocycles. The molecule has 0 bridgehead atoms. The summed E-state index contributed by atoms with van der Waals surface area (Å²) in [6, 6.07) is 0. The predicted molar refractivity (Wildman–Crippen MR) is 509 cm³/mol. The van der Waals surface area contributed by atoms with E-state index in [1.165, 1.54) is 244 Å². The summed E-state index contributed by atoms with van der Waals surface area (Å²) in [6.07, 6.45) is 122. The normalized spacial score (nSPS) is 14.4. The Hall–Kier alpha value is -4.83. The number of carbonyl (C=O) groups is 3. The third-order valence-electron chi connectivity index (χ3n) is 20.7. The number of aliphatic hydroxyl groups is 2. The van der Waals surface area contributed by atoms with Crippen molar-refractivity contribution in [3.05, 3.63) is 158 Å². The van der Waals surface area contributed by atoms with Gasteiger partial charge in [0, 0.05) is 19.3 Å². The van der Waals surface area contributed by atoms with E-state index in [1.807, 2.05) is 12.2 Å². The molecular formula is C103H178O16P2. The number of hydrogen-bond acceptors (Lipinski definition) is 14. The van der Waals surface area contributed by atoms with Crippen molar-refractivity contribution < 1.29 is 75.8 Å². The molecule has 0 heterocycles. The molecule has 5 unspecified atom stereocenters. The van der Waals surface area contributed by atoms with Crippen LogP contribution in [-0.2, 0) is 55.8 Å². The number of unbranched alkanes of at least 4 members (excludes halogenated alkanes) is 43. The maximum atomic E-state index is 13.0. The van der Waals surface area contributed by atoms with E-state index in [0.29, 0.717) is 25.7 Å². The van der Waals surface area contributed by atoms with Crippen LogP contribution in [0.1, 0.15) is 419 Å². The molecule has 0 radical (unpaired) electrons. The molecule has 0 amide bonds. The van der Waals surface area contributed by atoms with E-state index < -0.39 is 91.5 Å². The molecule has 696 valence electrons. The Morgan fingerprint density at radius 3 is 0.719 bits per heavy atom. The Morgan fingerprint density at radius 2 is 0.446 bits per heavy atom. The van der Waals surface area contributed by atoms with Gasteiger partial charge in [0.15, 0.2) is 6.10 Å². The van der Waals surface area contributed by atoms with Crippen LogP contribution in [0, 0.1) is 0 Å². The molecule has 0 aromatic carbocycles. The lowest BCUT2D eigenvalue weighted by Crippen LogP contribution is -2.30. The summed E-state index contributed by atoms with van der Waals surface area (Å²) in [5.74, 6) is -1.63. The largest absolute Gasteiger partial charge is 0.472 e. The number of aliphatic hydroxyl groups excluding tert-OH is 2. The summed E-state index contributed by atoms with van der Waals surface area (Å²) >= 11 is 0. The number of allylic oxidation sites excluding steroid dienone is 26. The Labute approximate surface area is 740 Å². The lowest BCUT2D eigenvalue weighted by Gasteiger charge is -2.21. The fraction of sp³-hybridized carbons (Fsp3) is 0.718. The molecule has 121 heavy (non-hydrogen) atoms. The van der Waals surface area contributed by atoms with Crippen LogP contribution in [0.2, 0.25) is 0 Å². The Kier molecular flexibility index (Phi) is 90.5. The van der Waals surface area contributed by atoms with Gasteiger partial charge in [-0.2, -0.15) is 0 Å². The Bertz CT molecular complexity index is 2830. The van der Waals surface area contributed by atoms with Crippen molar-refractivity contribution in [2.75, 3.05) is 39.6 Å². The summed E-state index contributed by atoms with van der Waals surface area (Å²) in [7, 11) is -9.83. The summed E-state index contributed by atoms with van der Waals surface area (Å²) < 4.78 is 61.4. The topological polar surface area (TPSA) is 231 Å². The maximum Gasteiger partial charge on any atom is 0.472 e. The van der Waals surface area contributed by atoms with Gasteiger partial charge < -0.3 is 34.2 Å². The first-order valence-corrected chi connectivity index (χ1v) is 51.8. The molecule has 0 saturated heterocycles. The Morgan fingerprint density at radius 1 is 0.240 bits per heavy atom. The van der Waals surface area contributed by atoms with Crippen molar-refractivity contribution in [3.8, 4) is 0 Å². The average molecular weight is 1730 g/mol. The van der Waals surface area contributed by atoms with Gasteiger partial charge in [-0.1, -0.05) is 410 Å². The molecule has 16 nitrogen and oxygen atoms in total. The van der Waals surface area contributed by atoms with E-state index in [1.54, 1.807) is 0 Å². The van der Waals surface area contributed by atoms with Gasteiger partial charge in [-0.05, 0) is 148 Å². The maximum absolute atomic E-state index is 13.0. The van der Waals surface area contributed by atoms with Crippen LogP contribution in [0.25, 0.3) is 0 Å². The fourth-order valence-electron chi connectivity index (χ4n) is 13.3. The van der Waals surface area contributed by atoms with E-state index in [-0.39, 0.29) is 19.3 Å². The highest BCUT2D eigenvalue weighted by atomic mass is 31.2. The zero-order valence-corrected chi connectivity index (χ0v) is 78.7. The van der Waals surface area contributed by atoms with Gasteiger partial charge in [0.25, 0.3) is 0 Å². The molecule has 0 aromatic heterocycles. The number of carbonyl (C=O) groups excluding carboxylic acids is 3. The van der Waals surface area contributed by atoms with Crippen LogP contribution in [-0.4, -0.2) is 95.9 Å². The van der Waals surface area contributed by atoms with Crippen LogP contribution >= 0.6 is 15.6 Å². The summed E-state index contributed by atoms with van der Waals surface area (Å²) in [5, 5.41) is 20.7. The Balaban J connectivity index is 4.46. The van der Waals surface area contributed by atoms with Gasteiger partial charge in [-0.3, -0.25) is 32.5 Å². The average Bonchev–Trinajstić information content (AvgIpc) is 0.892. The molecule has 0 saturated carbocycles.